The number of benzene rings is 2. The zero-order valence-corrected chi connectivity index (χ0v) is 11.6. The van der Waals surface area contributed by atoms with Gasteiger partial charge in [0, 0.05) is 11.1 Å². The van der Waals surface area contributed by atoms with Crippen LogP contribution in [0, 0.1) is 0 Å². The number of carbonyl (C=O) groups is 1. The van der Waals surface area contributed by atoms with Crippen LogP contribution >= 0.6 is 0 Å². The summed E-state index contributed by atoms with van der Waals surface area (Å²) in [6.07, 6.45) is 0. The first-order chi connectivity index (χ1) is 10.0. The molecule has 0 saturated heterocycles. The van der Waals surface area contributed by atoms with Gasteiger partial charge in [0.2, 0.25) is 5.78 Å². The maximum Gasteiger partial charge on any atom is 0.262 e. The van der Waals surface area contributed by atoms with E-state index in [-0.39, 0.29) is 16.2 Å². The van der Waals surface area contributed by atoms with Crippen molar-refractivity contribution in [3.8, 4) is 0 Å². The third-order valence-electron chi connectivity index (χ3n) is 3.17. The Morgan fingerprint density at radius 1 is 0.952 bits per heavy atom. The van der Waals surface area contributed by atoms with Crippen LogP contribution in [0.25, 0.3) is 5.76 Å². The number of allylic oxidation sites excluding steroid dienone is 1. The van der Waals surface area contributed by atoms with Gasteiger partial charge in [0.05, 0.1) is 4.90 Å². The van der Waals surface area contributed by atoms with E-state index >= 15 is 0 Å². The SMILES string of the molecule is O=C1C(=C(O)c2ccccc2)NS(=O)(=O)c2ccccc21. The number of hydrogen-bond donors (Lipinski definition) is 2. The number of nitrogens with one attached hydrogen (secondary N) is 1. The van der Waals surface area contributed by atoms with E-state index in [2.05, 4.69) is 4.72 Å². The normalized spacial score (nSPS) is 18.6. The molecular formula is C15H11NO4S. The zero-order chi connectivity index (χ0) is 15.0. The molecule has 0 aromatic heterocycles. The van der Waals surface area contributed by atoms with Gasteiger partial charge in [-0.1, -0.05) is 42.5 Å². The number of carbonyl (C=O) groups excluding carboxylic acids is 1. The highest BCUT2D eigenvalue weighted by Gasteiger charge is 2.34. The summed E-state index contributed by atoms with van der Waals surface area (Å²) >= 11 is 0. The van der Waals surface area contributed by atoms with Crippen molar-refractivity contribution in [1.29, 1.82) is 0 Å². The van der Waals surface area contributed by atoms with Crippen LogP contribution in [-0.2, 0) is 10.0 Å². The number of fused-ring (bicyclic) bond motifs is 1. The van der Waals surface area contributed by atoms with Gasteiger partial charge in [-0.15, -0.1) is 0 Å². The minimum atomic E-state index is -3.87. The molecule has 1 aliphatic rings. The highest BCUT2D eigenvalue weighted by Crippen LogP contribution is 2.27. The zero-order valence-electron chi connectivity index (χ0n) is 10.8. The lowest BCUT2D eigenvalue weighted by Crippen LogP contribution is -2.35. The summed E-state index contributed by atoms with van der Waals surface area (Å²) in [6, 6.07) is 14.2. The molecule has 106 valence electrons. The van der Waals surface area contributed by atoms with Crippen LogP contribution < -0.4 is 4.72 Å². The van der Waals surface area contributed by atoms with E-state index in [0.29, 0.717) is 5.56 Å². The van der Waals surface area contributed by atoms with Crippen LogP contribution in [0.15, 0.2) is 65.2 Å². The van der Waals surface area contributed by atoms with Gasteiger partial charge in [0.15, 0.2) is 5.76 Å². The summed E-state index contributed by atoms with van der Waals surface area (Å²) in [5.41, 5.74) is 0.0802. The topological polar surface area (TPSA) is 83.5 Å². The minimum absolute atomic E-state index is 0.0498. The first-order valence-corrected chi connectivity index (χ1v) is 7.64. The standard InChI is InChI=1S/C15H11NO4S/c17-14(10-6-2-1-3-7-10)13-15(18)11-8-4-5-9-12(11)21(19,20)16-13/h1-9,16-17H. The molecule has 0 amide bonds. The molecule has 0 spiro atoms. The van der Waals surface area contributed by atoms with Gasteiger partial charge in [-0.25, -0.2) is 8.42 Å². The Morgan fingerprint density at radius 2 is 1.57 bits per heavy atom. The van der Waals surface area contributed by atoms with Gasteiger partial charge in [0.1, 0.15) is 5.70 Å². The Hall–Kier alpha value is -2.60. The lowest BCUT2D eigenvalue weighted by Gasteiger charge is -2.20. The maximum atomic E-state index is 12.4. The summed E-state index contributed by atoms with van der Waals surface area (Å²) in [7, 11) is -3.87. The Bertz CT molecular complexity index is 854. The molecule has 2 N–H and O–H groups in total. The molecule has 3 rings (SSSR count). The van der Waals surface area contributed by atoms with Gasteiger partial charge in [0.25, 0.3) is 10.0 Å². The fraction of sp³-hybridized carbons (Fsp3) is 0. The monoisotopic (exact) mass is 301 g/mol. The molecular weight excluding hydrogens is 290 g/mol. The molecule has 5 nitrogen and oxygen atoms in total. The van der Waals surface area contributed by atoms with E-state index in [1.54, 1.807) is 36.4 Å². The Morgan fingerprint density at radius 3 is 2.29 bits per heavy atom. The summed E-state index contributed by atoms with van der Waals surface area (Å²) in [5, 5.41) is 10.2. The van der Waals surface area contributed by atoms with Crippen molar-refractivity contribution < 1.29 is 18.3 Å². The van der Waals surface area contributed by atoms with E-state index in [1.807, 2.05) is 0 Å². The second kappa shape index (κ2) is 4.75. The van der Waals surface area contributed by atoms with E-state index in [4.69, 9.17) is 0 Å². The van der Waals surface area contributed by atoms with Crippen molar-refractivity contribution in [1.82, 2.24) is 4.72 Å². The maximum absolute atomic E-state index is 12.4. The van der Waals surface area contributed by atoms with E-state index in [0.717, 1.165) is 0 Å². The van der Waals surface area contributed by atoms with E-state index in [9.17, 15) is 18.3 Å². The molecule has 2 aromatic carbocycles. The van der Waals surface area contributed by atoms with Crippen LogP contribution in [0.3, 0.4) is 0 Å². The second-order valence-electron chi connectivity index (χ2n) is 4.52. The molecule has 6 heteroatoms. The molecule has 0 saturated carbocycles. The highest BCUT2D eigenvalue weighted by atomic mass is 32.2. The molecule has 0 atom stereocenters. The number of aliphatic hydroxyl groups is 1. The van der Waals surface area contributed by atoms with Gasteiger partial charge in [-0.05, 0) is 12.1 Å². The molecule has 0 radical (unpaired) electrons. The fourth-order valence-electron chi connectivity index (χ4n) is 2.16. The lowest BCUT2D eigenvalue weighted by molar-refractivity contribution is 0.102. The molecule has 0 fully saturated rings. The average Bonchev–Trinajstić information content (AvgIpc) is 2.51. The van der Waals surface area contributed by atoms with Crippen molar-refractivity contribution in [2.45, 2.75) is 4.90 Å². The predicted octanol–water partition coefficient (Wildman–Crippen LogP) is 2.09. The van der Waals surface area contributed by atoms with Gasteiger partial charge in [-0.2, -0.15) is 0 Å². The van der Waals surface area contributed by atoms with Crippen LogP contribution in [0.5, 0.6) is 0 Å². The quantitative estimate of drug-likeness (QED) is 0.624. The summed E-state index contributed by atoms with van der Waals surface area (Å²) in [6.45, 7) is 0. The third kappa shape index (κ3) is 2.19. The number of sulfonamides is 1. The van der Waals surface area contributed by atoms with Gasteiger partial charge in [-0.3, -0.25) is 9.52 Å². The molecule has 1 heterocycles. The molecule has 2 aromatic rings. The Labute approximate surface area is 121 Å². The van der Waals surface area contributed by atoms with Gasteiger partial charge >= 0.3 is 0 Å². The number of aliphatic hydroxyl groups excluding tert-OH is 1. The summed E-state index contributed by atoms with van der Waals surface area (Å²) in [4.78, 5) is 12.3. The summed E-state index contributed by atoms with van der Waals surface area (Å²) < 4.78 is 26.5. The van der Waals surface area contributed by atoms with Crippen LogP contribution in [0.4, 0.5) is 0 Å². The van der Waals surface area contributed by atoms with Crippen molar-refractivity contribution in [3.05, 3.63) is 71.4 Å². The lowest BCUT2D eigenvalue weighted by atomic mass is 10.0. The fourth-order valence-corrected chi connectivity index (χ4v) is 3.43. The molecule has 0 aliphatic carbocycles. The third-order valence-corrected chi connectivity index (χ3v) is 4.58. The number of Topliss-reactive ketones (excluding diaryl/α,β-unsaturated/α-hetero) is 1. The average molecular weight is 301 g/mol. The van der Waals surface area contributed by atoms with Crippen molar-refractivity contribution >= 4 is 21.6 Å². The molecule has 0 unspecified atom stereocenters. The molecule has 21 heavy (non-hydrogen) atoms. The minimum Gasteiger partial charge on any atom is -0.505 e. The number of rotatable bonds is 1. The molecule has 0 bridgehead atoms. The first kappa shape index (κ1) is 13.4. The predicted molar refractivity (Wildman–Crippen MR) is 77.1 cm³/mol. The van der Waals surface area contributed by atoms with Crippen molar-refractivity contribution in [3.63, 3.8) is 0 Å². The second-order valence-corrected chi connectivity index (χ2v) is 6.17. The summed E-state index contributed by atoms with van der Waals surface area (Å²) in [5.74, 6) is -0.944. The Kier molecular flexibility index (Phi) is 3.03. The molecule has 1 aliphatic heterocycles. The number of hydrogen-bond acceptors (Lipinski definition) is 4. The Balaban J connectivity index is 2.23. The number of ketones is 1. The largest absolute Gasteiger partial charge is 0.505 e. The van der Waals surface area contributed by atoms with Gasteiger partial charge < -0.3 is 5.11 Å². The smallest absolute Gasteiger partial charge is 0.262 e. The first-order valence-electron chi connectivity index (χ1n) is 6.16. The van der Waals surface area contributed by atoms with E-state index < -0.39 is 21.6 Å². The highest BCUT2D eigenvalue weighted by molar-refractivity contribution is 7.90. The van der Waals surface area contributed by atoms with Crippen LogP contribution in [0.2, 0.25) is 0 Å². The van der Waals surface area contributed by atoms with Crippen molar-refractivity contribution in [2.75, 3.05) is 0 Å². The van der Waals surface area contributed by atoms with Crippen molar-refractivity contribution in [2.24, 2.45) is 0 Å². The van der Waals surface area contributed by atoms with Crippen LogP contribution in [-0.4, -0.2) is 19.3 Å². The van der Waals surface area contributed by atoms with E-state index in [1.165, 1.54) is 18.2 Å². The van der Waals surface area contributed by atoms with Crippen LogP contribution in [0.1, 0.15) is 15.9 Å².